The molecule has 0 atom stereocenters. The number of furan rings is 2. The van der Waals surface area contributed by atoms with E-state index in [1.54, 1.807) is 6.21 Å². The zero-order valence-corrected chi connectivity index (χ0v) is 29.0. The third kappa shape index (κ3) is 5.47. The molecule has 0 amide bonds. The molecule has 0 unspecified atom stereocenters. The monoisotopic (exact) mass is 693 g/mol. The van der Waals surface area contributed by atoms with Gasteiger partial charge in [0.2, 0.25) is 0 Å². The Morgan fingerprint density at radius 3 is 1.91 bits per heavy atom. The normalized spacial score (nSPS) is 12.2. The van der Waals surface area contributed by atoms with Gasteiger partial charge in [0.25, 0.3) is 0 Å². The molecule has 0 saturated heterocycles. The van der Waals surface area contributed by atoms with Crippen LogP contribution in [0.15, 0.2) is 195 Å². The zero-order valence-electron chi connectivity index (χ0n) is 29.0. The minimum absolute atomic E-state index is 0.133. The minimum Gasteiger partial charge on any atom is -0.456 e. The predicted octanol–water partition coefficient (Wildman–Crippen LogP) is 12.9. The average Bonchev–Trinajstić information content (AvgIpc) is 3.81. The second kappa shape index (κ2) is 13.0. The maximum atomic E-state index is 8.93. The molecule has 54 heavy (non-hydrogen) atoms. The summed E-state index contributed by atoms with van der Waals surface area (Å²) in [6.07, 6.45) is 1.78. The summed E-state index contributed by atoms with van der Waals surface area (Å²) in [7, 11) is 0. The van der Waals surface area contributed by atoms with Crippen molar-refractivity contribution < 1.29 is 8.83 Å². The highest BCUT2D eigenvalue weighted by molar-refractivity contribution is 6.21. The van der Waals surface area contributed by atoms with Crippen LogP contribution in [0.1, 0.15) is 16.7 Å². The molecular weight excluding hydrogens is 663 g/mol. The maximum absolute atomic E-state index is 8.93. The number of nitrogens with one attached hydrogen (secondary N) is 1. The number of aliphatic imine (C=N–C) groups is 2. The van der Waals surface area contributed by atoms with Crippen molar-refractivity contribution >= 4 is 72.5 Å². The van der Waals surface area contributed by atoms with Crippen LogP contribution in [0.5, 0.6) is 0 Å². The second-order valence-electron chi connectivity index (χ2n) is 13.3. The zero-order chi connectivity index (χ0) is 36.0. The molecule has 2 heterocycles. The number of nitrogens with zero attached hydrogens (tertiary/aromatic N) is 2. The lowest BCUT2D eigenvalue weighted by molar-refractivity contribution is 0.669. The highest BCUT2D eigenvalue weighted by atomic mass is 16.3. The minimum atomic E-state index is 0.133. The first-order valence-electron chi connectivity index (χ1n) is 17.9. The lowest BCUT2D eigenvalue weighted by Gasteiger charge is -2.08. The van der Waals surface area contributed by atoms with Gasteiger partial charge in [-0.1, -0.05) is 152 Å². The summed E-state index contributed by atoms with van der Waals surface area (Å²) in [5.41, 5.74) is 10.2. The smallest absolute Gasteiger partial charge is 0.161 e. The molecule has 0 aliphatic carbocycles. The van der Waals surface area contributed by atoms with Gasteiger partial charge in [-0.05, 0) is 51.9 Å². The van der Waals surface area contributed by atoms with E-state index in [0.717, 1.165) is 88.0 Å². The van der Waals surface area contributed by atoms with Crippen LogP contribution in [0.4, 0.5) is 0 Å². The second-order valence-corrected chi connectivity index (χ2v) is 13.3. The molecule has 0 aliphatic heterocycles. The molecule has 254 valence electrons. The quantitative estimate of drug-likeness (QED) is 0.144. The highest BCUT2D eigenvalue weighted by Gasteiger charge is 2.18. The topological polar surface area (TPSA) is 74.8 Å². The van der Waals surface area contributed by atoms with Crippen LogP contribution in [0, 0.1) is 5.41 Å². The van der Waals surface area contributed by atoms with Crippen molar-refractivity contribution in [1.29, 1.82) is 5.41 Å². The third-order valence-electron chi connectivity index (χ3n) is 10.0. The molecular formula is C49H31N3O2. The summed E-state index contributed by atoms with van der Waals surface area (Å²) >= 11 is 0. The van der Waals surface area contributed by atoms with Crippen LogP contribution >= 0.6 is 0 Å². The van der Waals surface area contributed by atoms with Crippen molar-refractivity contribution in [2.45, 2.75) is 0 Å². The number of hydrogen-bond donors (Lipinski definition) is 1. The van der Waals surface area contributed by atoms with Gasteiger partial charge in [0.1, 0.15) is 22.3 Å². The van der Waals surface area contributed by atoms with Crippen molar-refractivity contribution in [2.24, 2.45) is 9.98 Å². The Labute approximate surface area is 310 Å². The molecule has 5 heteroatoms. The average molecular weight is 694 g/mol. The van der Waals surface area contributed by atoms with Crippen LogP contribution in [0.3, 0.4) is 0 Å². The van der Waals surface area contributed by atoms with E-state index in [1.807, 2.05) is 97.1 Å². The fourth-order valence-corrected chi connectivity index (χ4v) is 7.39. The summed E-state index contributed by atoms with van der Waals surface area (Å²) in [4.78, 5) is 9.37. The maximum Gasteiger partial charge on any atom is 0.161 e. The summed E-state index contributed by atoms with van der Waals surface area (Å²) in [5.74, 6) is 0.610. The molecule has 0 aliphatic rings. The Morgan fingerprint density at radius 2 is 1.09 bits per heavy atom. The van der Waals surface area contributed by atoms with Gasteiger partial charge >= 0.3 is 0 Å². The SMILES string of the molecule is N=C(N=C(N=Cc1ccccc1)c1ccccc1)c1ccc(-c2cccc3c2oc2c4ccccc4c(-c4ccc5oc6ccccc6c5c4)cc32)cc1. The van der Waals surface area contributed by atoms with E-state index in [1.165, 1.54) is 0 Å². The van der Waals surface area contributed by atoms with Crippen LogP contribution in [0.2, 0.25) is 0 Å². The van der Waals surface area contributed by atoms with Gasteiger partial charge in [-0.15, -0.1) is 0 Å². The van der Waals surface area contributed by atoms with Crippen molar-refractivity contribution in [2.75, 3.05) is 0 Å². The van der Waals surface area contributed by atoms with Crippen molar-refractivity contribution in [3.05, 3.63) is 193 Å². The lowest BCUT2D eigenvalue weighted by Crippen LogP contribution is -2.04. The first-order chi connectivity index (χ1) is 26.7. The number of para-hydroxylation sites is 2. The summed E-state index contributed by atoms with van der Waals surface area (Å²) in [6.45, 7) is 0. The van der Waals surface area contributed by atoms with Gasteiger partial charge in [-0.3, -0.25) is 5.41 Å². The fourth-order valence-electron chi connectivity index (χ4n) is 7.39. The van der Waals surface area contributed by atoms with Crippen LogP contribution in [-0.4, -0.2) is 17.9 Å². The van der Waals surface area contributed by atoms with E-state index in [9.17, 15) is 0 Å². The largest absolute Gasteiger partial charge is 0.456 e. The summed E-state index contributed by atoms with van der Waals surface area (Å²) in [5, 5.41) is 15.5. The Balaban J connectivity index is 1.04. The summed E-state index contributed by atoms with van der Waals surface area (Å²) < 4.78 is 12.9. The number of hydrogen-bond acceptors (Lipinski definition) is 3. The van der Waals surface area contributed by atoms with E-state index in [4.69, 9.17) is 14.2 Å². The lowest BCUT2D eigenvalue weighted by atomic mass is 9.94. The van der Waals surface area contributed by atoms with E-state index < -0.39 is 0 Å². The highest BCUT2D eigenvalue weighted by Crippen LogP contribution is 2.43. The molecule has 0 saturated carbocycles. The van der Waals surface area contributed by atoms with E-state index in [0.29, 0.717) is 11.4 Å². The Morgan fingerprint density at radius 1 is 0.444 bits per heavy atom. The number of rotatable bonds is 5. The Kier molecular flexibility index (Phi) is 7.55. The van der Waals surface area contributed by atoms with E-state index >= 15 is 0 Å². The van der Waals surface area contributed by atoms with E-state index in [2.05, 4.69) is 88.8 Å². The van der Waals surface area contributed by atoms with Crippen LogP contribution in [-0.2, 0) is 0 Å². The standard InChI is InChI=1S/C49H31N3O2/c50-48(52-49(34-14-5-2-6-15-34)51-30-31-12-3-1-4-13-31)33-24-22-32(23-25-33)36-19-11-20-40-43-29-41(37-16-7-8-18-39(37)47(43)54-46(36)40)35-26-27-45-42(28-35)38-17-9-10-21-44(38)53-45/h1-30,50H. The number of benzene rings is 8. The van der Waals surface area contributed by atoms with Crippen LogP contribution < -0.4 is 0 Å². The third-order valence-corrected chi connectivity index (χ3v) is 10.0. The van der Waals surface area contributed by atoms with Crippen molar-refractivity contribution in [3.63, 3.8) is 0 Å². The van der Waals surface area contributed by atoms with Gasteiger partial charge in [-0.2, -0.15) is 0 Å². The first kappa shape index (κ1) is 31.4. The first-order valence-corrected chi connectivity index (χ1v) is 17.9. The van der Waals surface area contributed by atoms with Crippen LogP contribution in [0.25, 0.3) is 76.9 Å². The van der Waals surface area contributed by atoms with Crippen molar-refractivity contribution in [3.8, 4) is 22.3 Å². The molecule has 10 rings (SSSR count). The molecule has 2 aromatic heterocycles. The Bertz CT molecular complexity index is 3100. The van der Waals surface area contributed by atoms with Gasteiger partial charge in [-0.25, -0.2) is 9.98 Å². The molecule has 0 bridgehead atoms. The molecule has 5 nitrogen and oxygen atoms in total. The fraction of sp³-hybridized carbons (Fsp3) is 0. The van der Waals surface area contributed by atoms with Gasteiger partial charge in [0, 0.05) is 49.8 Å². The van der Waals surface area contributed by atoms with Gasteiger partial charge in [0.05, 0.1) is 0 Å². The van der Waals surface area contributed by atoms with Gasteiger partial charge < -0.3 is 8.83 Å². The molecule has 0 fully saturated rings. The molecule has 0 spiro atoms. The molecule has 0 radical (unpaired) electrons. The van der Waals surface area contributed by atoms with Gasteiger partial charge in [0.15, 0.2) is 11.7 Å². The van der Waals surface area contributed by atoms with E-state index in [-0.39, 0.29) is 5.84 Å². The summed E-state index contributed by atoms with van der Waals surface area (Å²) in [6, 6.07) is 59.3. The molecule has 10 aromatic rings. The Hall–Kier alpha value is -7.37. The predicted molar refractivity (Wildman–Crippen MR) is 223 cm³/mol. The number of amidine groups is 2. The van der Waals surface area contributed by atoms with Crippen molar-refractivity contribution in [1.82, 2.24) is 0 Å². The number of fused-ring (bicyclic) bond motifs is 8. The molecule has 8 aromatic carbocycles. The molecule has 1 N–H and O–H groups in total.